The summed E-state index contributed by atoms with van der Waals surface area (Å²) < 4.78 is 0.863. The number of fused-ring (bicyclic) bond motifs is 1. The third kappa shape index (κ3) is 2.47. The standard InChI is InChI=1S/C14H18N4O2S/c1-14(15-2)5-7-17(8-6-14)10-3-4-11-12(16-9-21-11)13(10)18(19)20/h3-4,9,15H,5-8H2,1-2H3. The molecule has 2 aromatic rings. The number of thiazole rings is 1. The number of anilines is 1. The number of aromatic nitrogens is 1. The molecule has 1 aliphatic heterocycles. The van der Waals surface area contributed by atoms with Crippen LogP contribution in [0.3, 0.4) is 0 Å². The van der Waals surface area contributed by atoms with E-state index in [0.717, 1.165) is 30.6 Å². The van der Waals surface area contributed by atoms with Crippen LogP contribution < -0.4 is 10.2 Å². The Balaban J connectivity index is 1.97. The first kappa shape index (κ1) is 14.2. The summed E-state index contributed by atoms with van der Waals surface area (Å²) in [6, 6.07) is 3.79. The minimum absolute atomic E-state index is 0.121. The number of nitro benzene ring substituents is 1. The molecule has 112 valence electrons. The van der Waals surface area contributed by atoms with Gasteiger partial charge < -0.3 is 10.2 Å². The summed E-state index contributed by atoms with van der Waals surface area (Å²) in [5.74, 6) is 0. The van der Waals surface area contributed by atoms with E-state index in [1.807, 2.05) is 19.2 Å². The summed E-state index contributed by atoms with van der Waals surface area (Å²) in [7, 11) is 1.97. The van der Waals surface area contributed by atoms with Crippen molar-refractivity contribution in [2.24, 2.45) is 0 Å². The fraction of sp³-hybridized carbons (Fsp3) is 0.500. The van der Waals surface area contributed by atoms with E-state index in [1.165, 1.54) is 11.3 Å². The largest absolute Gasteiger partial charge is 0.366 e. The van der Waals surface area contributed by atoms with Crippen molar-refractivity contribution in [1.82, 2.24) is 10.3 Å². The molecule has 1 N–H and O–H groups in total. The Morgan fingerprint density at radius 1 is 1.43 bits per heavy atom. The number of rotatable bonds is 3. The van der Waals surface area contributed by atoms with Gasteiger partial charge in [-0.15, -0.1) is 11.3 Å². The van der Waals surface area contributed by atoms with E-state index in [0.29, 0.717) is 11.2 Å². The Labute approximate surface area is 126 Å². The predicted octanol–water partition coefficient (Wildman–Crippen LogP) is 2.78. The molecular weight excluding hydrogens is 288 g/mol. The summed E-state index contributed by atoms with van der Waals surface area (Å²) in [6.45, 7) is 3.82. The fourth-order valence-electron chi connectivity index (χ4n) is 2.83. The maximum Gasteiger partial charge on any atom is 0.319 e. The van der Waals surface area contributed by atoms with E-state index < -0.39 is 0 Å². The van der Waals surface area contributed by atoms with Gasteiger partial charge in [-0.25, -0.2) is 4.98 Å². The van der Waals surface area contributed by atoms with Crippen molar-refractivity contribution in [3.63, 3.8) is 0 Å². The minimum atomic E-state index is -0.302. The quantitative estimate of drug-likeness (QED) is 0.697. The highest BCUT2D eigenvalue weighted by atomic mass is 32.1. The third-order valence-electron chi connectivity index (χ3n) is 4.45. The van der Waals surface area contributed by atoms with Crippen molar-refractivity contribution in [1.29, 1.82) is 0 Å². The first-order valence-corrected chi connectivity index (χ1v) is 7.86. The lowest BCUT2D eigenvalue weighted by Gasteiger charge is -2.40. The molecule has 21 heavy (non-hydrogen) atoms. The smallest absolute Gasteiger partial charge is 0.319 e. The van der Waals surface area contributed by atoms with Gasteiger partial charge in [0.25, 0.3) is 0 Å². The third-order valence-corrected chi connectivity index (χ3v) is 5.24. The number of benzene rings is 1. The maximum atomic E-state index is 11.5. The van der Waals surface area contributed by atoms with Crippen LogP contribution in [0.5, 0.6) is 0 Å². The molecule has 0 atom stereocenters. The van der Waals surface area contributed by atoms with Gasteiger partial charge in [0, 0.05) is 18.6 Å². The molecule has 0 radical (unpaired) electrons. The van der Waals surface area contributed by atoms with Gasteiger partial charge >= 0.3 is 5.69 Å². The normalized spacial score (nSPS) is 18.1. The van der Waals surface area contributed by atoms with E-state index in [9.17, 15) is 10.1 Å². The summed E-state index contributed by atoms with van der Waals surface area (Å²) in [5, 5.41) is 14.8. The highest BCUT2D eigenvalue weighted by Crippen LogP contribution is 2.38. The topological polar surface area (TPSA) is 71.3 Å². The Morgan fingerprint density at radius 2 is 2.14 bits per heavy atom. The van der Waals surface area contributed by atoms with E-state index in [4.69, 9.17) is 0 Å². The average Bonchev–Trinajstić information content (AvgIpc) is 2.95. The predicted molar refractivity (Wildman–Crippen MR) is 85.2 cm³/mol. The van der Waals surface area contributed by atoms with E-state index >= 15 is 0 Å². The lowest BCUT2D eigenvalue weighted by molar-refractivity contribution is -0.382. The summed E-state index contributed by atoms with van der Waals surface area (Å²) in [5.41, 5.74) is 3.12. The van der Waals surface area contributed by atoms with Crippen molar-refractivity contribution in [2.75, 3.05) is 25.0 Å². The molecule has 1 saturated heterocycles. The number of hydrogen-bond acceptors (Lipinski definition) is 6. The van der Waals surface area contributed by atoms with Crippen LogP contribution in [0.2, 0.25) is 0 Å². The Bertz CT molecular complexity index is 677. The van der Waals surface area contributed by atoms with Crippen molar-refractivity contribution in [2.45, 2.75) is 25.3 Å². The molecule has 0 spiro atoms. The monoisotopic (exact) mass is 306 g/mol. The molecule has 2 heterocycles. The van der Waals surface area contributed by atoms with Gasteiger partial charge in [0.1, 0.15) is 5.69 Å². The number of nitrogens with one attached hydrogen (secondary N) is 1. The summed E-state index contributed by atoms with van der Waals surface area (Å²) in [6.07, 6.45) is 1.94. The van der Waals surface area contributed by atoms with Gasteiger partial charge in [0.2, 0.25) is 0 Å². The molecule has 0 amide bonds. The Kier molecular flexibility index (Phi) is 3.54. The molecule has 0 bridgehead atoms. The van der Waals surface area contributed by atoms with Crippen LogP contribution in [-0.4, -0.2) is 35.6 Å². The van der Waals surface area contributed by atoms with Crippen LogP contribution >= 0.6 is 11.3 Å². The van der Waals surface area contributed by atoms with Crippen LogP contribution in [0, 0.1) is 10.1 Å². The molecule has 7 heteroatoms. The number of piperidine rings is 1. The minimum Gasteiger partial charge on any atom is -0.366 e. The van der Waals surface area contributed by atoms with E-state index in [2.05, 4.69) is 22.1 Å². The SMILES string of the molecule is CNC1(C)CCN(c2ccc3scnc3c2[N+](=O)[O-])CC1. The molecule has 6 nitrogen and oxygen atoms in total. The van der Waals surface area contributed by atoms with Crippen LogP contribution in [0.1, 0.15) is 19.8 Å². The summed E-state index contributed by atoms with van der Waals surface area (Å²) in [4.78, 5) is 17.5. The van der Waals surface area contributed by atoms with Gasteiger partial charge in [0.05, 0.1) is 15.1 Å². The zero-order chi connectivity index (χ0) is 15.0. The van der Waals surface area contributed by atoms with Crippen molar-refractivity contribution in [3.8, 4) is 0 Å². The lowest BCUT2D eigenvalue weighted by Crippen LogP contribution is -2.50. The highest BCUT2D eigenvalue weighted by Gasteiger charge is 2.32. The van der Waals surface area contributed by atoms with Crippen molar-refractivity contribution < 1.29 is 4.92 Å². The van der Waals surface area contributed by atoms with Crippen LogP contribution in [-0.2, 0) is 0 Å². The van der Waals surface area contributed by atoms with E-state index in [-0.39, 0.29) is 16.1 Å². The van der Waals surface area contributed by atoms with Crippen LogP contribution in [0.25, 0.3) is 10.2 Å². The fourth-order valence-corrected chi connectivity index (χ4v) is 3.51. The van der Waals surface area contributed by atoms with Crippen molar-refractivity contribution in [3.05, 3.63) is 27.8 Å². The molecule has 0 aliphatic carbocycles. The van der Waals surface area contributed by atoms with Crippen LogP contribution in [0.4, 0.5) is 11.4 Å². The zero-order valence-electron chi connectivity index (χ0n) is 12.1. The molecule has 0 unspecified atom stereocenters. The molecule has 0 saturated carbocycles. The highest BCUT2D eigenvalue weighted by molar-refractivity contribution is 7.16. The summed E-state index contributed by atoms with van der Waals surface area (Å²) >= 11 is 1.43. The zero-order valence-corrected chi connectivity index (χ0v) is 12.9. The van der Waals surface area contributed by atoms with E-state index in [1.54, 1.807) is 5.51 Å². The average molecular weight is 306 g/mol. The second-order valence-electron chi connectivity index (χ2n) is 5.69. The molecule has 3 rings (SSSR count). The van der Waals surface area contributed by atoms with Gasteiger partial charge in [-0.2, -0.15) is 0 Å². The van der Waals surface area contributed by atoms with Crippen molar-refractivity contribution >= 4 is 32.9 Å². The Morgan fingerprint density at radius 3 is 2.76 bits per heavy atom. The Hall–Kier alpha value is -1.73. The lowest BCUT2D eigenvalue weighted by atomic mass is 9.89. The van der Waals surface area contributed by atoms with Gasteiger partial charge in [-0.1, -0.05) is 0 Å². The van der Waals surface area contributed by atoms with Gasteiger partial charge in [-0.05, 0) is 38.9 Å². The maximum absolute atomic E-state index is 11.5. The number of hydrogen-bond donors (Lipinski definition) is 1. The second kappa shape index (κ2) is 5.23. The molecule has 1 fully saturated rings. The molecular formula is C14H18N4O2S. The van der Waals surface area contributed by atoms with Gasteiger partial charge in [0.15, 0.2) is 5.52 Å². The first-order valence-electron chi connectivity index (χ1n) is 6.98. The number of nitrogens with zero attached hydrogens (tertiary/aromatic N) is 3. The molecule has 1 aromatic heterocycles. The van der Waals surface area contributed by atoms with Crippen LogP contribution in [0.15, 0.2) is 17.6 Å². The first-order chi connectivity index (χ1) is 10.0. The number of nitro groups is 1. The second-order valence-corrected chi connectivity index (χ2v) is 6.57. The van der Waals surface area contributed by atoms with Gasteiger partial charge in [-0.3, -0.25) is 10.1 Å². The molecule has 1 aliphatic rings. The molecule has 1 aromatic carbocycles.